The number of amides is 2. The third-order valence-electron chi connectivity index (χ3n) is 3.55. The number of benzene rings is 1. The van der Waals surface area contributed by atoms with Crippen LogP contribution >= 0.6 is 11.3 Å². The number of carbonyl (C=O) groups is 1. The standard InChI is InChI=1S/C17H23FN4OS/c1-2-3-4-5-6-7-12-15-21-22-17(24-15)20-16(23)19-14-11-9-8-10-13(14)18/h8-11H,2-7,12H2,1H3,(H2,19,20,22,23). The Kier molecular flexibility index (Phi) is 7.61. The van der Waals surface area contributed by atoms with E-state index in [0.29, 0.717) is 5.13 Å². The molecule has 0 spiro atoms. The number of aromatic nitrogens is 2. The number of carbonyl (C=O) groups excluding carboxylic acids is 1. The van der Waals surface area contributed by atoms with Gasteiger partial charge in [-0.1, -0.05) is 62.5 Å². The van der Waals surface area contributed by atoms with Crippen LogP contribution in [0.25, 0.3) is 0 Å². The van der Waals surface area contributed by atoms with Crippen molar-refractivity contribution in [3.05, 3.63) is 35.1 Å². The Morgan fingerprint density at radius 1 is 1.08 bits per heavy atom. The highest BCUT2D eigenvalue weighted by Gasteiger charge is 2.10. The van der Waals surface area contributed by atoms with Crippen LogP contribution in [0.3, 0.4) is 0 Å². The number of anilines is 2. The Balaban J connectivity index is 1.73. The summed E-state index contributed by atoms with van der Waals surface area (Å²) >= 11 is 1.36. The van der Waals surface area contributed by atoms with Gasteiger partial charge in [0.1, 0.15) is 10.8 Å². The van der Waals surface area contributed by atoms with E-state index in [4.69, 9.17) is 0 Å². The fourth-order valence-corrected chi connectivity index (χ4v) is 3.05. The van der Waals surface area contributed by atoms with Gasteiger partial charge in [0.2, 0.25) is 5.13 Å². The van der Waals surface area contributed by atoms with Gasteiger partial charge in [-0.3, -0.25) is 5.32 Å². The van der Waals surface area contributed by atoms with E-state index in [9.17, 15) is 9.18 Å². The molecular weight excluding hydrogens is 327 g/mol. The number of halogens is 1. The van der Waals surface area contributed by atoms with Crippen molar-refractivity contribution in [1.82, 2.24) is 10.2 Å². The molecule has 0 bridgehead atoms. The molecule has 7 heteroatoms. The Hall–Kier alpha value is -2.02. The van der Waals surface area contributed by atoms with Crippen LogP contribution in [-0.4, -0.2) is 16.2 Å². The molecule has 0 fully saturated rings. The van der Waals surface area contributed by atoms with E-state index >= 15 is 0 Å². The van der Waals surface area contributed by atoms with Crippen molar-refractivity contribution in [3.8, 4) is 0 Å². The topological polar surface area (TPSA) is 66.9 Å². The lowest BCUT2D eigenvalue weighted by Crippen LogP contribution is -2.19. The van der Waals surface area contributed by atoms with Crippen molar-refractivity contribution in [3.63, 3.8) is 0 Å². The number of nitrogens with zero attached hydrogens (tertiary/aromatic N) is 2. The second kappa shape index (κ2) is 9.97. The molecule has 24 heavy (non-hydrogen) atoms. The number of unbranched alkanes of at least 4 members (excludes halogenated alkanes) is 5. The zero-order valence-corrected chi connectivity index (χ0v) is 14.7. The summed E-state index contributed by atoms with van der Waals surface area (Å²) in [6, 6.07) is 5.49. The van der Waals surface area contributed by atoms with Gasteiger partial charge in [0.25, 0.3) is 0 Å². The van der Waals surface area contributed by atoms with Crippen LogP contribution in [0.5, 0.6) is 0 Å². The van der Waals surface area contributed by atoms with Crippen LogP contribution in [0.4, 0.5) is 20.0 Å². The second-order valence-electron chi connectivity index (χ2n) is 5.58. The van der Waals surface area contributed by atoms with Crippen LogP contribution in [0.15, 0.2) is 24.3 Å². The molecule has 2 aromatic rings. The molecule has 0 saturated heterocycles. The first-order chi connectivity index (χ1) is 11.7. The van der Waals surface area contributed by atoms with Gasteiger partial charge in [0.15, 0.2) is 0 Å². The molecule has 0 atom stereocenters. The lowest BCUT2D eigenvalue weighted by Gasteiger charge is -2.05. The number of hydrogen-bond donors (Lipinski definition) is 2. The molecule has 2 rings (SSSR count). The normalized spacial score (nSPS) is 10.6. The van der Waals surface area contributed by atoms with Gasteiger partial charge < -0.3 is 5.32 Å². The molecule has 2 N–H and O–H groups in total. The van der Waals surface area contributed by atoms with Gasteiger partial charge in [-0.05, 0) is 18.6 Å². The summed E-state index contributed by atoms with van der Waals surface area (Å²) in [6.07, 6.45) is 8.24. The van der Waals surface area contributed by atoms with Crippen LogP contribution < -0.4 is 10.6 Å². The Morgan fingerprint density at radius 2 is 1.83 bits per heavy atom. The predicted molar refractivity (Wildman–Crippen MR) is 96.0 cm³/mol. The quantitative estimate of drug-likeness (QED) is 0.609. The summed E-state index contributed by atoms with van der Waals surface area (Å²) in [5.41, 5.74) is 0.131. The van der Waals surface area contributed by atoms with Gasteiger partial charge in [-0.25, -0.2) is 9.18 Å². The average molecular weight is 350 g/mol. The Labute approximate surface area is 145 Å². The zero-order chi connectivity index (χ0) is 17.2. The first-order valence-corrected chi connectivity index (χ1v) is 9.15. The van der Waals surface area contributed by atoms with E-state index < -0.39 is 11.8 Å². The molecular formula is C17H23FN4OS. The smallest absolute Gasteiger partial charge is 0.305 e. The van der Waals surface area contributed by atoms with Crippen molar-refractivity contribution < 1.29 is 9.18 Å². The van der Waals surface area contributed by atoms with E-state index in [1.807, 2.05) is 0 Å². The van der Waals surface area contributed by atoms with Crippen molar-refractivity contribution in [2.75, 3.05) is 10.6 Å². The SMILES string of the molecule is CCCCCCCCc1nnc(NC(=O)Nc2ccccc2F)s1. The molecule has 1 heterocycles. The molecule has 0 aliphatic carbocycles. The molecule has 0 aliphatic heterocycles. The third-order valence-corrected chi connectivity index (χ3v) is 4.45. The average Bonchev–Trinajstić information content (AvgIpc) is 3.00. The largest absolute Gasteiger partial charge is 0.325 e. The molecule has 5 nitrogen and oxygen atoms in total. The zero-order valence-electron chi connectivity index (χ0n) is 13.8. The van der Waals surface area contributed by atoms with Gasteiger partial charge in [-0.15, -0.1) is 10.2 Å². The first kappa shape index (κ1) is 18.3. The molecule has 0 saturated carbocycles. The Bertz CT molecular complexity index is 647. The van der Waals surface area contributed by atoms with E-state index in [0.717, 1.165) is 17.8 Å². The van der Waals surface area contributed by atoms with Crippen molar-refractivity contribution >= 4 is 28.2 Å². The van der Waals surface area contributed by atoms with Crippen LogP contribution in [0.2, 0.25) is 0 Å². The molecule has 1 aromatic carbocycles. The van der Waals surface area contributed by atoms with Gasteiger partial charge >= 0.3 is 6.03 Å². The first-order valence-electron chi connectivity index (χ1n) is 8.34. The lowest BCUT2D eigenvalue weighted by atomic mass is 10.1. The molecule has 2 amide bonds. The molecule has 1 aromatic heterocycles. The van der Waals surface area contributed by atoms with E-state index in [-0.39, 0.29) is 5.69 Å². The second-order valence-corrected chi connectivity index (χ2v) is 6.64. The number of nitrogens with one attached hydrogen (secondary N) is 2. The summed E-state index contributed by atoms with van der Waals surface area (Å²) in [6.45, 7) is 2.21. The number of aryl methyl sites for hydroxylation is 1. The third kappa shape index (κ3) is 6.23. The van der Waals surface area contributed by atoms with Crippen LogP contribution in [0.1, 0.15) is 50.5 Å². The maximum atomic E-state index is 13.5. The highest BCUT2D eigenvalue weighted by atomic mass is 32.1. The van der Waals surface area contributed by atoms with E-state index in [2.05, 4.69) is 27.8 Å². The fraction of sp³-hybridized carbons (Fsp3) is 0.471. The maximum Gasteiger partial charge on any atom is 0.325 e. The number of rotatable bonds is 9. The summed E-state index contributed by atoms with van der Waals surface area (Å²) in [7, 11) is 0. The molecule has 0 radical (unpaired) electrons. The van der Waals surface area contributed by atoms with E-state index in [1.54, 1.807) is 12.1 Å². The van der Waals surface area contributed by atoms with Gasteiger partial charge in [-0.2, -0.15) is 0 Å². The highest BCUT2D eigenvalue weighted by molar-refractivity contribution is 7.15. The Morgan fingerprint density at radius 3 is 2.62 bits per heavy atom. The van der Waals surface area contributed by atoms with Crippen molar-refractivity contribution in [1.29, 1.82) is 0 Å². The van der Waals surface area contributed by atoms with Gasteiger partial charge in [0.05, 0.1) is 5.69 Å². The molecule has 0 unspecified atom stereocenters. The summed E-state index contributed by atoms with van der Waals surface area (Å²) in [4.78, 5) is 11.9. The summed E-state index contributed by atoms with van der Waals surface area (Å²) in [5, 5.41) is 14.4. The monoisotopic (exact) mass is 350 g/mol. The minimum Gasteiger partial charge on any atom is -0.305 e. The lowest BCUT2D eigenvalue weighted by molar-refractivity contribution is 0.262. The van der Waals surface area contributed by atoms with Crippen molar-refractivity contribution in [2.24, 2.45) is 0 Å². The highest BCUT2D eigenvalue weighted by Crippen LogP contribution is 2.19. The summed E-state index contributed by atoms with van der Waals surface area (Å²) in [5.74, 6) is -0.478. The van der Waals surface area contributed by atoms with Crippen molar-refractivity contribution in [2.45, 2.75) is 51.9 Å². The minimum absolute atomic E-state index is 0.131. The predicted octanol–water partition coefficient (Wildman–Crippen LogP) is 5.22. The van der Waals surface area contributed by atoms with Gasteiger partial charge in [0, 0.05) is 6.42 Å². The molecule has 0 aliphatic rings. The fourth-order valence-electron chi connectivity index (χ4n) is 2.27. The minimum atomic E-state index is -0.526. The number of para-hydroxylation sites is 1. The van der Waals surface area contributed by atoms with Crippen LogP contribution in [-0.2, 0) is 6.42 Å². The number of hydrogen-bond acceptors (Lipinski definition) is 4. The molecule has 130 valence electrons. The van der Waals surface area contributed by atoms with Crippen LogP contribution in [0, 0.1) is 5.82 Å². The van der Waals surface area contributed by atoms with E-state index in [1.165, 1.54) is 55.6 Å². The maximum absolute atomic E-state index is 13.5. The number of urea groups is 1. The summed E-state index contributed by atoms with van der Waals surface area (Å²) < 4.78 is 13.5.